The molecule has 2 rings (SSSR count). The van der Waals surface area contributed by atoms with Crippen molar-refractivity contribution >= 4 is 5.91 Å². The van der Waals surface area contributed by atoms with Gasteiger partial charge in [-0.1, -0.05) is 25.1 Å². The fourth-order valence-corrected chi connectivity index (χ4v) is 2.84. The average molecular weight is 328 g/mol. The van der Waals surface area contributed by atoms with E-state index < -0.39 is 11.7 Å². The molecule has 2 N–H and O–H groups in total. The molecule has 128 valence electrons. The number of hydrogen-bond acceptors (Lipinski definition) is 2. The van der Waals surface area contributed by atoms with E-state index in [9.17, 15) is 18.0 Å². The maximum absolute atomic E-state index is 12.7. The number of carbonyl (C=O) groups excluding carboxylic acids is 1. The first-order valence-corrected chi connectivity index (χ1v) is 8.01. The Hall–Kier alpha value is -1.56. The summed E-state index contributed by atoms with van der Waals surface area (Å²) in [6, 6.07) is 5.18. The van der Waals surface area contributed by atoms with Gasteiger partial charge in [-0.2, -0.15) is 13.2 Å². The SMILES string of the molecule is CC(Cc1cccc(C(F)(F)F)c1)C(=O)NCC1CCCNC1. The number of benzene rings is 1. The van der Waals surface area contributed by atoms with Crippen LogP contribution in [0.5, 0.6) is 0 Å². The van der Waals surface area contributed by atoms with Crippen LogP contribution in [-0.2, 0) is 17.4 Å². The van der Waals surface area contributed by atoms with Crippen LogP contribution in [0.15, 0.2) is 24.3 Å². The lowest BCUT2D eigenvalue weighted by molar-refractivity contribution is -0.137. The predicted molar refractivity (Wildman–Crippen MR) is 82.9 cm³/mol. The van der Waals surface area contributed by atoms with Gasteiger partial charge in [0.15, 0.2) is 0 Å². The highest BCUT2D eigenvalue weighted by Gasteiger charge is 2.30. The zero-order valence-electron chi connectivity index (χ0n) is 13.2. The van der Waals surface area contributed by atoms with Gasteiger partial charge < -0.3 is 10.6 Å². The van der Waals surface area contributed by atoms with Crippen LogP contribution in [0.3, 0.4) is 0 Å². The van der Waals surface area contributed by atoms with Crippen LogP contribution in [0.1, 0.15) is 30.9 Å². The Labute approximate surface area is 134 Å². The van der Waals surface area contributed by atoms with E-state index in [1.165, 1.54) is 6.07 Å². The van der Waals surface area contributed by atoms with E-state index in [4.69, 9.17) is 0 Å². The first-order valence-electron chi connectivity index (χ1n) is 8.01. The van der Waals surface area contributed by atoms with Crippen molar-refractivity contribution in [3.63, 3.8) is 0 Å². The molecule has 0 aliphatic carbocycles. The monoisotopic (exact) mass is 328 g/mol. The Kier molecular flexibility index (Phi) is 6.04. The van der Waals surface area contributed by atoms with Gasteiger partial charge in [0.25, 0.3) is 0 Å². The van der Waals surface area contributed by atoms with Gasteiger partial charge in [-0.15, -0.1) is 0 Å². The van der Waals surface area contributed by atoms with Gasteiger partial charge in [0.1, 0.15) is 0 Å². The third kappa shape index (κ3) is 5.53. The largest absolute Gasteiger partial charge is 0.416 e. The summed E-state index contributed by atoms with van der Waals surface area (Å²) in [5, 5.41) is 6.21. The fourth-order valence-electron chi connectivity index (χ4n) is 2.84. The average Bonchev–Trinajstić information content (AvgIpc) is 2.53. The number of rotatable bonds is 5. The van der Waals surface area contributed by atoms with Crippen molar-refractivity contribution in [3.8, 4) is 0 Å². The Morgan fingerprint density at radius 3 is 2.87 bits per heavy atom. The summed E-state index contributed by atoms with van der Waals surface area (Å²) >= 11 is 0. The second-order valence-electron chi connectivity index (χ2n) is 6.26. The van der Waals surface area contributed by atoms with E-state index in [2.05, 4.69) is 10.6 Å². The Morgan fingerprint density at radius 1 is 1.43 bits per heavy atom. The van der Waals surface area contributed by atoms with Gasteiger partial charge in [0.2, 0.25) is 5.91 Å². The third-order valence-electron chi connectivity index (χ3n) is 4.21. The highest BCUT2D eigenvalue weighted by Crippen LogP contribution is 2.30. The van der Waals surface area contributed by atoms with Crippen LogP contribution in [0.25, 0.3) is 0 Å². The summed E-state index contributed by atoms with van der Waals surface area (Å²) in [5.74, 6) is -0.0172. The minimum absolute atomic E-state index is 0.104. The molecule has 0 bridgehead atoms. The van der Waals surface area contributed by atoms with E-state index in [-0.39, 0.29) is 11.8 Å². The molecule has 1 aliphatic heterocycles. The molecule has 1 aliphatic rings. The van der Waals surface area contributed by atoms with E-state index >= 15 is 0 Å². The highest BCUT2D eigenvalue weighted by atomic mass is 19.4. The molecular formula is C17H23F3N2O. The molecular weight excluding hydrogens is 305 g/mol. The number of halogens is 3. The first kappa shape index (κ1) is 17.8. The minimum Gasteiger partial charge on any atom is -0.356 e. The second-order valence-corrected chi connectivity index (χ2v) is 6.26. The molecule has 0 saturated carbocycles. The molecule has 3 nitrogen and oxygen atoms in total. The third-order valence-corrected chi connectivity index (χ3v) is 4.21. The van der Waals surface area contributed by atoms with E-state index in [1.54, 1.807) is 13.0 Å². The van der Waals surface area contributed by atoms with E-state index in [1.807, 2.05) is 0 Å². The van der Waals surface area contributed by atoms with Crippen LogP contribution in [-0.4, -0.2) is 25.5 Å². The van der Waals surface area contributed by atoms with Crippen molar-refractivity contribution in [2.45, 2.75) is 32.4 Å². The maximum Gasteiger partial charge on any atom is 0.416 e. The van der Waals surface area contributed by atoms with Crippen LogP contribution < -0.4 is 10.6 Å². The topological polar surface area (TPSA) is 41.1 Å². The summed E-state index contributed by atoms with van der Waals surface area (Å²) < 4.78 is 38.1. The maximum atomic E-state index is 12.7. The van der Waals surface area contributed by atoms with E-state index in [0.29, 0.717) is 24.4 Å². The molecule has 0 aromatic heterocycles. The lowest BCUT2D eigenvalue weighted by atomic mass is 9.97. The summed E-state index contributed by atoms with van der Waals surface area (Å²) in [5.41, 5.74) is -0.141. The van der Waals surface area contributed by atoms with Gasteiger partial charge in [-0.05, 0) is 49.9 Å². The number of alkyl halides is 3. The number of hydrogen-bond donors (Lipinski definition) is 2. The van der Waals surface area contributed by atoms with Crippen molar-refractivity contribution in [1.82, 2.24) is 10.6 Å². The van der Waals surface area contributed by atoms with Gasteiger partial charge in [-0.3, -0.25) is 4.79 Å². The standard InChI is InChI=1S/C17H23F3N2O/c1-12(16(23)22-11-14-5-3-7-21-10-14)8-13-4-2-6-15(9-13)17(18,19)20/h2,4,6,9,12,14,21H,3,5,7-8,10-11H2,1H3,(H,22,23). The Balaban J connectivity index is 1.85. The van der Waals surface area contributed by atoms with Crippen molar-refractivity contribution in [3.05, 3.63) is 35.4 Å². The molecule has 2 atom stereocenters. The highest BCUT2D eigenvalue weighted by molar-refractivity contribution is 5.78. The molecule has 23 heavy (non-hydrogen) atoms. The summed E-state index contributed by atoms with van der Waals surface area (Å²) in [6.07, 6.45) is -1.84. The molecule has 1 fully saturated rings. The summed E-state index contributed by atoms with van der Waals surface area (Å²) in [7, 11) is 0. The number of amides is 1. The number of carbonyl (C=O) groups is 1. The first-order chi connectivity index (χ1) is 10.9. The zero-order chi connectivity index (χ0) is 16.9. The summed E-state index contributed by atoms with van der Waals surface area (Å²) in [4.78, 5) is 12.1. The van der Waals surface area contributed by atoms with E-state index in [0.717, 1.165) is 38.1 Å². The van der Waals surface area contributed by atoms with Gasteiger partial charge in [0, 0.05) is 12.5 Å². The number of nitrogens with one attached hydrogen (secondary N) is 2. The van der Waals surface area contributed by atoms with Crippen molar-refractivity contribution < 1.29 is 18.0 Å². The van der Waals surface area contributed by atoms with Gasteiger partial charge in [-0.25, -0.2) is 0 Å². The Morgan fingerprint density at radius 2 is 2.22 bits per heavy atom. The molecule has 1 aromatic rings. The predicted octanol–water partition coefficient (Wildman–Crippen LogP) is 3.00. The normalized spacial score (nSPS) is 20.1. The summed E-state index contributed by atoms with van der Waals surface area (Å²) in [6.45, 7) is 4.30. The van der Waals surface area contributed by atoms with Crippen LogP contribution in [0, 0.1) is 11.8 Å². The molecule has 1 amide bonds. The van der Waals surface area contributed by atoms with Gasteiger partial charge >= 0.3 is 6.18 Å². The van der Waals surface area contributed by atoms with Crippen molar-refractivity contribution in [2.75, 3.05) is 19.6 Å². The Bertz CT molecular complexity index is 525. The van der Waals surface area contributed by atoms with Crippen LogP contribution in [0.2, 0.25) is 0 Å². The molecule has 1 heterocycles. The molecule has 6 heteroatoms. The minimum atomic E-state index is -4.35. The lowest BCUT2D eigenvalue weighted by Crippen LogP contribution is -2.40. The van der Waals surface area contributed by atoms with Crippen molar-refractivity contribution in [2.24, 2.45) is 11.8 Å². The van der Waals surface area contributed by atoms with Crippen molar-refractivity contribution in [1.29, 1.82) is 0 Å². The fraction of sp³-hybridized carbons (Fsp3) is 0.588. The number of piperidine rings is 1. The molecule has 1 aromatic carbocycles. The molecule has 1 saturated heterocycles. The molecule has 2 unspecified atom stereocenters. The lowest BCUT2D eigenvalue weighted by Gasteiger charge is -2.23. The molecule has 0 radical (unpaired) electrons. The second kappa shape index (κ2) is 7.81. The van der Waals surface area contributed by atoms with Crippen LogP contribution in [0.4, 0.5) is 13.2 Å². The van der Waals surface area contributed by atoms with Crippen LogP contribution >= 0.6 is 0 Å². The zero-order valence-corrected chi connectivity index (χ0v) is 13.2. The smallest absolute Gasteiger partial charge is 0.356 e. The quantitative estimate of drug-likeness (QED) is 0.872. The van der Waals surface area contributed by atoms with Gasteiger partial charge in [0.05, 0.1) is 5.56 Å². The molecule has 0 spiro atoms.